The summed E-state index contributed by atoms with van der Waals surface area (Å²) in [5.41, 5.74) is 1.06. The lowest BCUT2D eigenvalue weighted by Crippen LogP contribution is -2.28. The molecule has 0 aliphatic heterocycles. The van der Waals surface area contributed by atoms with E-state index in [0.29, 0.717) is 11.7 Å². The maximum Gasteiger partial charge on any atom is 0.162 e. The highest BCUT2D eigenvalue weighted by molar-refractivity contribution is 5.99. The zero-order valence-electron chi connectivity index (χ0n) is 8.41. The first-order valence-corrected chi connectivity index (χ1v) is 5.34. The van der Waals surface area contributed by atoms with Crippen LogP contribution in [0.15, 0.2) is 36.5 Å². The molecule has 74 valence electrons. The van der Waals surface area contributed by atoms with E-state index in [1.165, 1.54) is 6.42 Å². The van der Waals surface area contributed by atoms with Gasteiger partial charge >= 0.3 is 0 Å². The third kappa shape index (κ3) is 1.59. The summed E-state index contributed by atoms with van der Waals surface area (Å²) in [5.74, 6) is 1.08. The van der Waals surface area contributed by atoms with Crippen molar-refractivity contribution in [2.75, 3.05) is 0 Å². The van der Waals surface area contributed by atoms with Crippen LogP contribution < -0.4 is 0 Å². The van der Waals surface area contributed by atoms with Gasteiger partial charge in [-0.2, -0.15) is 0 Å². The van der Waals surface area contributed by atoms with Crippen LogP contribution in [0.4, 0.5) is 0 Å². The molecular weight excluding hydrogens is 172 g/mol. The van der Waals surface area contributed by atoms with E-state index in [1.807, 2.05) is 18.2 Å². The van der Waals surface area contributed by atoms with Gasteiger partial charge in [0.05, 0.1) is 0 Å². The Kier molecular flexibility index (Phi) is 2.67. The molecule has 0 heterocycles. The van der Waals surface area contributed by atoms with Gasteiger partial charge in [0, 0.05) is 5.92 Å². The fourth-order valence-electron chi connectivity index (χ4n) is 2.43. The van der Waals surface area contributed by atoms with E-state index in [1.54, 1.807) is 0 Å². The molecule has 2 atom stereocenters. The number of carbonyl (C=O) groups excluding carboxylic acids is 1. The normalized spacial score (nSPS) is 30.9. The van der Waals surface area contributed by atoms with Crippen LogP contribution in [0.1, 0.15) is 25.7 Å². The van der Waals surface area contributed by atoms with Crippen LogP contribution >= 0.6 is 0 Å². The van der Waals surface area contributed by atoms with E-state index in [0.717, 1.165) is 24.8 Å². The molecule has 0 radical (unpaired) electrons. The second-order valence-electron chi connectivity index (χ2n) is 4.15. The molecule has 0 aromatic rings. The number of carbonyl (C=O) groups is 1. The summed E-state index contributed by atoms with van der Waals surface area (Å²) < 4.78 is 0. The average molecular weight is 188 g/mol. The quantitative estimate of drug-likeness (QED) is 0.609. The van der Waals surface area contributed by atoms with Crippen molar-refractivity contribution in [1.82, 2.24) is 0 Å². The van der Waals surface area contributed by atoms with Gasteiger partial charge in [-0.05, 0) is 37.2 Å². The highest BCUT2D eigenvalue weighted by Gasteiger charge is 2.32. The molecule has 0 amide bonds. The Morgan fingerprint density at radius 2 is 2.36 bits per heavy atom. The summed E-state index contributed by atoms with van der Waals surface area (Å²) in [6.45, 7) is 3.71. The Labute approximate surface area is 85.2 Å². The summed E-state index contributed by atoms with van der Waals surface area (Å²) in [6, 6.07) is 0. The van der Waals surface area contributed by atoms with E-state index < -0.39 is 0 Å². The first-order chi connectivity index (χ1) is 6.83. The third-order valence-corrected chi connectivity index (χ3v) is 3.24. The minimum absolute atomic E-state index is 0.210. The van der Waals surface area contributed by atoms with Crippen molar-refractivity contribution in [2.45, 2.75) is 25.7 Å². The second-order valence-corrected chi connectivity index (χ2v) is 4.15. The lowest BCUT2D eigenvalue weighted by Gasteiger charge is -2.30. The van der Waals surface area contributed by atoms with Gasteiger partial charge in [-0.1, -0.05) is 24.3 Å². The summed E-state index contributed by atoms with van der Waals surface area (Å²) in [5, 5.41) is 0. The average Bonchev–Trinajstić information content (AvgIpc) is 2.23. The smallest absolute Gasteiger partial charge is 0.162 e. The maximum atomic E-state index is 12.0. The number of Topliss-reactive ketones (excluding diaryl/α,β-unsaturated/α-hetero) is 1. The molecule has 1 heteroatoms. The molecule has 0 aromatic carbocycles. The second kappa shape index (κ2) is 3.95. The van der Waals surface area contributed by atoms with Crippen molar-refractivity contribution in [2.24, 2.45) is 11.8 Å². The minimum atomic E-state index is 0.210. The number of hydrogen-bond acceptors (Lipinski definition) is 1. The lowest BCUT2D eigenvalue weighted by molar-refractivity contribution is -0.121. The zero-order valence-corrected chi connectivity index (χ0v) is 8.41. The summed E-state index contributed by atoms with van der Waals surface area (Å²) in [7, 11) is 0. The highest BCUT2D eigenvalue weighted by Crippen LogP contribution is 2.36. The van der Waals surface area contributed by atoms with Crippen molar-refractivity contribution in [3.05, 3.63) is 36.5 Å². The van der Waals surface area contributed by atoms with Crippen LogP contribution in [-0.4, -0.2) is 5.78 Å². The van der Waals surface area contributed by atoms with E-state index in [4.69, 9.17) is 0 Å². The molecule has 2 rings (SSSR count). The molecule has 0 saturated heterocycles. The number of hydrogen-bond donors (Lipinski definition) is 0. The van der Waals surface area contributed by atoms with E-state index >= 15 is 0 Å². The van der Waals surface area contributed by atoms with Crippen molar-refractivity contribution in [1.29, 1.82) is 0 Å². The molecule has 14 heavy (non-hydrogen) atoms. The van der Waals surface area contributed by atoms with Crippen LogP contribution in [0.3, 0.4) is 0 Å². The minimum Gasteiger partial charge on any atom is -0.294 e. The van der Waals surface area contributed by atoms with Gasteiger partial charge in [-0.25, -0.2) is 0 Å². The number of fused-ring (bicyclic) bond motifs is 1. The number of allylic oxidation sites excluding steroid dienone is 5. The van der Waals surface area contributed by atoms with Gasteiger partial charge in [0.25, 0.3) is 0 Å². The molecule has 0 spiro atoms. The maximum absolute atomic E-state index is 12.0. The zero-order chi connectivity index (χ0) is 9.97. The number of rotatable bonds is 2. The molecule has 2 aliphatic carbocycles. The van der Waals surface area contributed by atoms with Gasteiger partial charge in [0.1, 0.15) is 0 Å². The summed E-state index contributed by atoms with van der Waals surface area (Å²) in [6.07, 6.45) is 12.1. The standard InChI is InChI=1S/C13H16O/c1-2-5-11-9-8-10-6-3-4-7-12(10)13(11)14/h2-4,7,10-11H,1,5-6,8-9H2. The molecule has 2 aliphatic rings. The Morgan fingerprint density at radius 3 is 3.14 bits per heavy atom. The van der Waals surface area contributed by atoms with Gasteiger partial charge < -0.3 is 0 Å². The largest absolute Gasteiger partial charge is 0.294 e. The molecule has 0 N–H and O–H groups in total. The Morgan fingerprint density at radius 1 is 1.50 bits per heavy atom. The van der Waals surface area contributed by atoms with Crippen LogP contribution in [0, 0.1) is 11.8 Å². The molecule has 0 bridgehead atoms. The predicted molar refractivity (Wildman–Crippen MR) is 57.9 cm³/mol. The Balaban J connectivity index is 2.17. The van der Waals surface area contributed by atoms with Crippen LogP contribution in [0.25, 0.3) is 0 Å². The topological polar surface area (TPSA) is 17.1 Å². The fourth-order valence-corrected chi connectivity index (χ4v) is 2.43. The van der Waals surface area contributed by atoms with Crippen molar-refractivity contribution >= 4 is 5.78 Å². The molecule has 1 saturated carbocycles. The lowest BCUT2D eigenvalue weighted by atomic mass is 9.73. The molecule has 1 nitrogen and oxygen atoms in total. The van der Waals surface area contributed by atoms with E-state index in [2.05, 4.69) is 12.7 Å². The van der Waals surface area contributed by atoms with Crippen molar-refractivity contribution in [3.63, 3.8) is 0 Å². The third-order valence-electron chi connectivity index (χ3n) is 3.24. The molecular formula is C13H16O. The summed E-state index contributed by atoms with van der Waals surface area (Å²) >= 11 is 0. The number of ketones is 1. The Hall–Kier alpha value is -1.11. The fraction of sp³-hybridized carbons (Fsp3) is 0.462. The van der Waals surface area contributed by atoms with E-state index in [9.17, 15) is 4.79 Å². The van der Waals surface area contributed by atoms with Gasteiger partial charge in [0.2, 0.25) is 0 Å². The van der Waals surface area contributed by atoms with Gasteiger partial charge in [-0.3, -0.25) is 4.79 Å². The van der Waals surface area contributed by atoms with Gasteiger partial charge in [-0.15, -0.1) is 6.58 Å². The summed E-state index contributed by atoms with van der Waals surface area (Å²) in [4.78, 5) is 12.0. The van der Waals surface area contributed by atoms with Crippen molar-refractivity contribution in [3.8, 4) is 0 Å². The molecule has 1 fully saturated rings. The predicted octanol–water partition coefficient (Wildman–Crippen LogP) is 3.04. The Bertz CT molecular complexity index is 309. The first-order valence-electron chi connectivity index (χ1n) is 5.34. The molecule has 2 unspecified atom stereocenters. The highest BCUT2D eigenvalue weighted by atomic mass is 16.1. The van der Waals surface area contributed by atoms with Crippen LogP contribution in [0.2, 0.25) is 0 Å². The first kappa shape index (κ1) is 9.45. The van der Waals surface area contributed by atoms with E-state index in [-0.39, 0.29) is 5.92 Å². The van der Waals surface area contributed by atoms with Crippen LogP contribution in [-0.2, 0) is 4.79 Å². The van der Waals surface area contributed by atoms with Gasteiger partial charge in [0.15, 0.2) is 5.78 Å². The SMILES string of the molecule is C=CCC1CCC2CC=CC=C2C1=O. The van der Waals surface area contributed by atoms with Crippen LogP contribution in [0.5, 0.6) is 0 Å². The van der Waals surface area contributed by atoms with Crippen molar-refractivity contribution < 1.29 is 4.79 Å². The monoisotopic (exact) mass is 188 g/mol. The molecule has 0 aromatic heterocycles.